The molecular weight excluding hydrogens is 234 g/mol. The summed E-state index contributed by atoms with van der Waals surface area (Å²) in [5, 5.41) is 9.32. The number of nitrogens with zero attached hydrogens (tertiary/aromatic N) is 1. The van der Waals surface area contributed by atoms with Crippen molar-refractivity contribution in [2.45, 2.75) is 6.54 Å². The third-order valence-electron chi connectivity index (χ3n) is 2.41. The smallest absolute Gasteiger partial charge is 0.248 e. The van der Waals surface area contributed by atoms with Crippen LogP contribution in [0.1, 0.15) is 5.56 Å². The molecule has 0 aliphatic rings. The van der Waals surface area contributed by atoms with E-state index in [-0.39, 0.29) is 18.3 Å². The fourth-order valence-corrected chi connectivity index (χ4v) is 1.43. The van der Waals surface area contributed by atoms with E-state index in [4.69, 9.17) is 9.47 Å². The van der Waals surface area contributed by atoms with Crippen LogP contribution in [0.5, 0.6) is 5.75 Å². The molecule has 0 unspecified atom stereocenters. The molecule has 0 aliphatic heterocycles. The second kappa shape index (κ2) is 7.68. The van der Waals surface area contributed by atoms with Crippen molar-refractivity contribution in [2.24, 2.45) is 0 Å². The average molecular weight is 253 g/mol. The van der Waals surface area contributed by atoms with E-state index in [1.54, 1.807) is 37.3 Å². The lowest BCUT2D eigenvalue weighted by atomic mass is 10.2. The van der Waals surface area contributed by atoms with E-state index in [9.17, 15) is 9.90 Å². The molecule has 0 saturated carbocycles. The van der Waals surface area contributed by atoms with E-state index >= 15 is 0 Å². The Morgan fingerprint density at radius 2 is 2.17 bits per heavy atom. The summed E-state index contributed by atoms with van der Waals surface area (Å²) < 4.78 is 9.97. The highest BCUT2D eigenvalue weighted by molar-refractivity contribution is 5.77. The minimum atomic E-state index is -0.102. The van der Waals surface area contributed by atoms with Gasteiger partial charge in [-0.3, -0.25) is 4.79 Å². The Morgan fingerprint density at radius 3 is 2.83 bits per heavy atom. The standard InChI is InChI=1S/C13H19NO4/c1-14(13(16)10-18-7-6-17-2)9-11-4-3-5-12(15)8-11/h3-5,8,15H,6-7,9-10H2,1-2H3. The molecule has 1 N–H and O–H groups in total. The van der Waals surface area contributed by atoms with Crippen LogP contribution in [0.4, 0.5) is 0 Å². The summed E-state index contributed by atoms with van der Waals surface area (Å²) >= 11 is 0. The van der Waals surface area contributed by atoms with Gasteiger partial charge in [-0.15, -0.1) is 0 Å². The lowest BCUT2D eigenvalue weighted by Crippen LogP contribution is -2.30. The molecule has 0 fully saturated rings. The SMILES string of the molecule is COCCOCC(=O)N(C)Cc1cccc(O)c1. The Kier molecular flexibility index (Phi) is 6.18. The van der Waals surface area contributed by atoms with Crippen molar-refractivity contribution in [1.29, 1.82) is 0 Å². The number of hydrogen-bond acceptors (Lipinski definition) is 4. The van der Waals surface area contributed by atoms with Crippen LogP contribution in [0.15, 0.2) is 24.3 Å². The number of hydrogen-bond donors (Lipinski definition) is 1. The fourth-order valence-electron chi connectivity index (χ4n) is 1.43. The molecule has 0 atom stereocenters. The average Bonchev–Trinajstić information content (AvgIpc) is 2.34. The first-order valence-electron chi connectivity index (χ1n) is 5.72. The molecule has 1 rings (SSSR count). The van der Waals surface area contributed by atoms with Crippen LogP contribution in [0.2, 0.25) is 0 Å². The van der Waals surface area contributed by atoms with E-state index in [1.165, 1.54) is 0 Å². The van der Waals surface area contributed by atoms with Crippen LogP contribution < -0.4 is 0 Å². The number of likely N-dealkylation sites (N-methyl/N-ethyl adjacent to an activating group) is 1. The number of aromatic hydroxyl groups is 1. The third-order valence-corrected chi connectivity index (χ3v) is 2.41. The summed E-state index contributed by atoms with van der Waals surface area (Å²) in [6, 6.07) is 6.84. The maximum absolute atomic E-state index is 11.7. The van der Waals surface area contributed by atoms with E-state index in [1.807, 2.05) is 6.07 Å². The van der Waals surface area contributed by atoms with Gasteiger partial charge >= 0.3 is 0 Å². The van der Waals surface area contributed by atoms with E-state index < -0.39 is 0 Å². The van der Waals surface area contributed by atoms with E-state index in [0.29, 0.717) is 19.8 Å². The van der Waals surface area contributed by atoms with Gasteiger partial charge in [-0.1, -0.05) is 12.1 Å². The zero-order valence-corrected chi connectivity index (χ0v) is 10.8. The normalized spacial score (nSPS) is 10.3. The van der Waals surface area contributed by atoms with Crippen LogP contribution in [0, 0.1) is 0 Å². The molecule has 100 valence electrons. The number of rotatable bonds is 7. The molecule has 0 heterocycles. The van der Waals surface area contributed by atoms with Crippen LogP contribution in [-0.4, -0.2) is 49.9 Å². The minimum Gasteiger partial charge on any atom is -0.508 e. The molecular formula is C13H19NO4. The Hall–Kier alpha value is -1.59. The molecule has 1 aromatic carbocycles. The van der Waals surface area contributed by atoms with E-state index in [2.05, 4.69) is 0 Å². The molecule has 5 nitrogen and oxygen atoms in total. The number of ether oxygens (including phenoxy) is 2. The number of methoxy groups -OCH3 is 1. The predicted molar refractivity (Wildman–Crippen MR) is 67.3 cm³/mol. The van der Waals surface area contributed by atoms with E-state index in [0.717, 1.165) is 5.56 Å². The maximum atomic E-state index is 11.7. The fraction of sp³-hybridized carbons (Fsp3) is 0.462. The van der Waals surface area contributed by atoms with Gasteiger partial charge in [0.25, 0.3) is 0 Å². The van der Waals surface area contributed by atoms with Crippen molar-refractivity contribution in [2.75, 3.05) is 34.0 Å². The van der Waals surface area contributed by atoms with Crippen molar-refractivity contribution < 1.29 is 19.4 Å². The summed E-state index contributed by atoms with van der Waals surface area (Å²) in [4.78, 5) is 13.3. The Bertz CT molecular complexity index is 381. The maximum Gasteiger partial charge on any atom is 0.248 e. The summed E-state index contributed by atoms with van der Waals surface area (Å²) in [7, 11) is 3.28. The Morgan fingerprint density at radius 1 is 1.39 bits per heavy atom. The third kappa shape index (κ3) is 5.16. The highest BCUT2D eigenvalue weighted by atomic mass is 16.5. The molecule has 0 aliphatic carbocycles. The van der Waals surface area contributed by atoms with Crippen LogP contribution >= 0.6 is 0 Å². The molecule has 0 bridgehead atoms. The monoisotopic (exact) mass is 253 g/mol. The Balaban J connectivity index is 2.35. The number of phenols is 1. The summed E-state index contributed by atoms with van der Waals surface area (Å²) in [5.74, 6) is 0.0964. The highest BCUT2D eigenvalue weighted by Crippen LogP contribution is 2.12. The number of carbonyl (C=O) groups excluding carboxylic acids is 1. The second-order valence-electron chi connectivity index (χ2n) is 3.97. The van der Waals surface area contributed by atoms with Gasteiger partial charge < -0.3 is 19.5 Å². The van der Waals surface area contributed by atoms with Gasteiger partial charge in [-0.2, -0.15) is 0 Å². The zero-order valence-electron chi connectivity index (χ0n) is 10.8. The first-order chi connectivity index (χ1) is 8.63. The number of benzene rings is 1. The quantitative estimate of drug-likeness (QED) is 0.737. The van der Waals surface area contributed by atoms with Gasteiger partial charge in [0.05, 0.1) is 13.2 Å². The van der Waals surface area contributed by atoms with Crippen molar-refractivity contribution in [3.8, 4) is 5.75 Å². The predicted octanol–water partition coefficient (Wildman–Crippen LogP) is 1.01. The van der Waals surface area contributed by atoms with Gasteiger partial charge in [-0.05, 0) is 17.7 Å². The lowest BCUT2D eigenvalue weighted by Gasteiger charge is -2.17. The minimum absolute atomic E-state index is 0.0404. The molecule has 0 aromatic heterocycles. The van der Waals surface area contributed by atoms with Gasteiger partial charge in [0.2, 0.25) is 5.91 Å². The summed E-state index contributed by atoms with van der Waals surface area (Å²) in [6.45, 7) is 1.37. The van der Waals surface area contributed by atoms with Crippen LogP contribution in [0.25, 0.3) is 0 Å². The van der Waals surface area contributed by atoms with Gasteiger partial charge in [0, 0.05) is 20.7 Å². The molecule has 1 aromatic rings. The highest BCUT2D eigenvalue weighted by Gasteiger charge is 2.09. The molecule has 1 amide bonds. The second-order valence-corrected chi connectivity index (χ2v) is 3.97. The number of amides is 1. The first-order valence-corrected chi connectivity index (χ1v) is 5.72. The Labute approximate surface area is 107 Å². The summed E-state index contributed by atoms with van der Waals surface area (Å²) in [6.07, 6.45) is 0. The number of phenolic OH excluding ortho intramolecular Hbond substituents is 1. The lowest BCUT2D eigenvalue weighted by molar-refractivity contribution is -0.135. The topological polar surface area (TPSA) is 59.0 Å². The van der Waals surface area contributed by atoms with Crippen molar-refractivity contribution in [3.05, 3.63) is 29.8 Å². The molecule has 0 spiro atoms. The zero-order chi connectivity index (χ0) is 13.4. The molecule has 18 heavy (non-hydrogen) atoms. The molecule has 5 heteroatoms. The van der Waals surface area contributed by atoms with Crippen LogP contribution in [0.3, 0.4) is 0 Å². The van der Waals surface area contributed by atoms with Crippen molar-refractivity contribution in [1.82, 2.24) is 4.90 Å². The van der Waals surface area contributed by atoms with Gasteiger partial charge in [0.1, 0.15) is 12.4 Å². The van der Waals surface area contributed by atoms with Crippen molar-refractivity contribution in [3.63, 3.8) is 0 Å². The largest absolute Gasteiger partial charge is 0.508 e. The molecule has 0 radical (unpaired) electrons. The first kappa shape index (κ1) is 14.5. The van der Waals surface area contributed by atoms with Gasteiger partial charge in [-0.25, -0.2) is 0 Å². The molecule has 0 saturated heterocycles. The van der Waals surface area contributed by atoms with Crippen molar-refractivity contribution >= 4 is 5.91 Å². The summed E-state index contributed by atoms with van der Waals surface area (Å²) in [5.41, 5.74) is 0.878. The van der Waals surface area contributed by atoms with Crippen LogP contribution in [-0.2, 0) is 20.8 Å². The number of carbonyl (C=O) groups is 1. The van der Waals surface area contributed by atoms with Gasteiger partial charge in [0.15, 0.2) is 0 Å².